The van der Waals surface area contributed by atoms with Gasteiger partial charge in [0.2, 0.25) is 0 Å². The van der Waals surface area contributed by atoms with Crippen LogP contribution in [0.3, 0.4) is 0 Å². The van der Waals surface area contributed by atoms with E-state index in [2.05, 4.69) is 0 Å². The zero-order valence-corrected chi connectivity index (χ0v) is 5.24. The third-order valence-corrected chi connectivity index (χ3v) is 1.50. The maximum Gasteiger partial charge on any atom is 0.126 e. The summed E-state index contributed by atoms with van der Waals surface area (Å²) in [6.45, 7) is 0. The lowest BCUT2D eigenvalue weighted by Crippen LogP contribution is -1.63. The molecule has 2 rings (SSSR count). The van der Waals surface area contributed by atoms with Crippen LogP contribution in [0.1, 0.15) is 0 Å². The molecule has 0 aliphatic rings. The van der Waals surface area contributed by atoms with Crippen molar-refractivity contribution in [3.05, 3.63) is 30.7 Å². The molecule has 2 aromatic rings. The van der Waals surface area contributed by atoms with Gasteiger partial charge in [-0.1, -0.05) is 12.1 Å². The quantitative estimate of drug-likeness (QED) is 0.598. The molecule has 0 fully saturated rings. The molecular weight excluding hydrogens is 128 g/mol. The van der Waals surface area contributed by atoms with Crippen LogP contribution in [0.25, 0.3) is 10.8 Å². The van der Waals surface area contributed by atoms with Gasteiger partial charge in [-0.05, 0) is 6.07 Å². The molecular formula is C8H6O2. The van der Waals surface area contributed by atoms with Crippen molar-refractivity contribution in [2.75, 3.05) is 0 Å². The number of aromatic hydroxyl groups is 1. The molecule has 0 saturated carbocycles. The minimum absolute atomic E-state index is 0.270. The first-order valence-corrected chi connectivity index (χ1v) is 3.02. The second-order valence-corrected chi connectivity index (χ2v) is 2.15. The summed E-state index contributed by atoms with van der Waals surface area (Å²) in [6.07, 6.45) is 3.14. The highest BCUT2D eigenvalue weighted by atomic mass is 16.3. The smallest absolute Gasteiger partial charge is 0.126 e. The molecule has 2 heteroatoms. The summed E-state index contributed by atoms with van der Waals surface area (Å²) in [4.78, 5) is 0. The van der Waals surface area contributed by atoms with Crippen molar-refractivity contribution in [1.29, 1.82) is 0 Å². The van der Waals surface area contributed by atoms with Crippen LogP contribution in [-0.2, 0) is 0 Å². The molecule has 0 saturated heterocycles. The van der Waals surface area contributed by atoms with Gasteiger partial charge in [-0.2, -0.15) is 0 Å². The number of fused-ring (bicyclic) bond motifs is 1. The third-order valence-electron chi connectivity index (χ3n) is 1.50. The first kappa shape index (κ1) is 5.35. The molecule has 1 N–H and O–H groups in total. The second-order valence-electron chi connectivity index (χ2n) is 2.15. The highest BCUT2D eigenvalue weighted by Gasteiger charge is 1.98. The Morgan fingerprint density at radius 1 is 1.20 bits per heavy atom. The van der Waals surface area contributed by atoms with Gasteiger partial charge in [0.05, 0.1) is 11.6 Å². The molecule has 0 bridgehead atoms. The molecule has 0 aliphatic carbocycles. The van der Waals surface area contributed by atoms with E-state index >= 15 is 0 Å². The van der Waals surface area contributed by atoms with Crippen molar-refractivity contribution in [3.8, 4) is 5.75 Å². The number of phenols is 1. The van der Waals surface area contributed by atoms with E-state index in [0.717, 1.165) is 10.8 Å². The molecule has 1 aromatic carbocycles. The first-order chi connectivity index (χ1) is 4.88. The van der Waals surface area contributed by atoms with Gasteiger partial charge in [-0.3, -0.25) is 0 Å². The Bertz CT molecular complexity index is 349. The average molecular weight is 134 g/mol. The standard InChI is InChI=1S/C8H6O2/c9-8-3-1-2-6-4-10-5-7(6)8/h1-5,9H. The molecule has 0 atom stereocenters. The summed E-state index contributed by atoms with van der Waals surface area (Å²) < 4.78 is 4.89. The van der Waals surface area contributed by atoms with Crippen molar-refractivity contribution in [3.63, 3.8) is 0 Å². The summed E-state index contributed by atoms with van der Waals surface area (Å²) in [5, 5.41) is 10.9. The fraction of sp³-hybridized carbons (Fsp3) is 0. The number of furan rings is 1. The van der Waals surface area contributed by atoms with Crippen LogP contribution in [0.2, 0.25) is 0 Å². The Labute approximate surface area is 57.7 Å². The summed E-state index contributed by atoms with van der Waals surface area (Å²) in [5.74, 6) is 0.270. The Kier molecular flexibility index (Phi) is 0.947. The van der Waals surface area contributed by atoms with Gasteiger partial charge in [0.15, 0.2) is 0 Å². The van der Waals surface area contributed by atoms with Crippen LogP contribution in [-0.4, -0.2) is 5.11 Å². The zero-order valence-electron chi connectivity index (χ0n) is 5.24. The van der Waals surface area contributed by atoms with Crippen LogP contribution in [0.5, 0.6) is 5.75 Å². The fourth-order valence-corrected chi connectivity index (χ4v) is 0.977. The van der Waals surface area contributed by atoms with Crippen LogP contribution in [0.15, 0.2) is 35.1 Å². The van der Waals surface area contributed by atoms with Gasteiger partial charge in [-0.15, -0.1) is 0 Å². The summed E-state index contributed by atoms with van der Waals surface area (Å²) in [7, 11) is 0. The lowest BCUT2D eigenvalue weighted by Gasteiger charge is -1.89. The number of rotatable bonds is 0. The summed E-state index contributed by atoms with van der Waals surface area (Å²) in [6, 6.07) is 5.31. The Balaban J connectivity index is 2.95. The van der Waals surface area contributed by atoms with Crippen LogP contribution >= 0.6 is 0 Å². The van der Waals surface area contributed by atoms with E-state index in [0.29, 0.717) is 0 Å². The van der Waals surface area contributed by atoms with E-state index in [1.807, 2.05) is 6.07 Å². The highest BCUT2D eigenvalue weighted by molar-refractivity contribution is 5.86. The second kappa shape index (κ2) is 1.77. The first-order valence-electron chi connectivity index (χ1n) is 3.02. The van der Waals surface area contributed by atoms with Crippen LogP contribution in [0, 0.1) is 0 Å². The highest BCUT2D eigenvalue weighted by Crippen LogP contribution is 2.24. The molecule has 0 unspecified atom stereocenters. The molecule has 1 aromatic heterocycles. The summed E-state index contributed by atoms with van der Waals surface area (Å²) >= 11 is 0. The van der Waals surface area contributed by atoms with E-state index in [9.17, 15) is 5.11 Å². The van der Waals surface area contributed by atoms with E-state index in [1.165, 1.54) is 6.26 Å². The normalized spacial score (nSPS) is 10.4. The van der Waals surface area contributed by atoms with E-state index in [1.54, 1.807) is 18.4 Å². The molecule has 50 valence electrons. The van der Waals surface area contributed by atoms with Crippen molar-refractivity contribution in [1.82, 2.24) is 0 Å². The molecule has 0 radical (unpaired) electrons. The minimum atomic E-state index is 0.270. The minimum Gasteiger partial charge on any atom is -0.507 e. The molecule has 0 amide bonds. The number of hydrogen-bond acceptors (Lipinski definition) is 2. The van der Waals surface area contributed by atoms with Gasteiger partial charge >= 0.3 is 0 Å². The van der Waals surface area contributed by atoms with E-state index in [4.69, 9.17) is 4.42 Å². The van der Waals surface area contributed by atoms with Gasteiger partial charge in [0, 0.05) is 5.39 Å². The van der Waals surface area contributed by atoms with Gasteiger partial charge in [-0.25, -0.2) is 0 Å². The summed E-state index contributed by atoms with van der Waals surface area (Å²) in [5.41, 5.74) is 0. The predicted molar refractivity (Wildman–Crippen MR) is 37.9 cm³/mol. The Morgan fingerprint density at radius 3 is 2.90 bits per heavy atom. The van der Waals surface area contributed by atoms with Gasteiger partial charge in [0.1, 0.15) is 12.0 Å². The van der Waals surface area contributed by atoms with Crippen molar-refractivity contribution < 1.29 is 9.52 Å². The predicted octanol–water partition coefficient (Wildman–Crippen LogP) is 2.14. The lowest BCUT2D eigenvalue weighted by molar-refractivity contribution is 0.480. The average Bonchev–Trinajstić information content (AvgIpc) is 2.36. The zero-order chi connectivity index (χ0) is 6.97. The third kappa shape index (κ3) is 0.589. The molecule has 0 aliphatic heterocycles. The van der Waals surface area contributed by atoms with E-state index in [-0.39, 0.29) is 5.75 Å². The number of phenolic OH excluding ortho intramolecular Hbond substituents is 1. The molecule has 10 heavy (non-hydrogen) atoms. The van der Waals surface area contributed by atoms with E-state index < -0.39 is 0 Å². The largest absolute Gasteiger partial charge is 0.507 e. The molecule has 0 spiro atoms. The van der Waals surface area contributed by atoms with Crippen LogP contribution < -0.4 is 0 Å². The molecule has 2 nitrogen and oxygen atoms in total. The monoisotopic (exact) mass is 134 g/mol. The van der Waals surface area contributed by atoms with Gasteiger partial charge < -0.3 is 9.52 Å². The maximum atomic E-state index is 9.20. The van der Waals surface area contributed by atoms with Crippen LogP contribution in [0.4, 0.5) is 0 Å². The van der Waals surface area contributed by atoms with Crippen molar-refractivity contribution in [2.45, 2.75) is 0 Å². The Hall–Kier alpha value is -1.44. The number of benzene rings is 1. The fourth-order valence-electron chi connectivity index (χ4n) is 0.977. The van der Waals surface area contributed by atoms with Crippen molar-refractivity contribution in [2.24, 2.45) is 0 Å². The van der Waals surface area contributed by atoms with Crippen molar-refractivity contribution >= 4 is 10.8 Å². The topological polar surface area (TPSA) is 33.4 Å². The Morgan fingerprint density at radius 2 is 2.10 bits per heavy atom. The SMILES string of the molecule is Oc1cccc2cocc12. The van der Waals surface area contributed by atoms with Gasteiger partial charge in [0.25, 0.3) is 0 Å². The lowest BCUT2D eigenvalue weighted by atomic mass is 10.2. The molecule has 1 heterocycles. The maximum absolute atomic E-state index is 9.20. The number of hydrogen-bond donors (Lipinski definition) is 1.